The Kier molecular flexibility index (Phi) is 4.06. The monoisotopic (exact) mass is 320 g/mol. The largest absolute Gasteiger partial charge is 0.481 e. The second-order valence-electron chi connectivity index (χ2n) is 4.39. The normalized spacial score (nSPS) is 20.7. The van der Waals surface area contributed by atoms with Crippen molar-refractivity contribution in [3.63, 3.8) is 0 Å². The Morgan fingerprint density at radius 2 is 2.20 bits per heavy atom. The zero-order valence-corrected chi connectivity index (χ0v) is 11.9. The van der Waals surface area contributed by atoms with Crippen LogP contribution in [0.3, 0.4) is 0 Å². The number of nitro groups is 1. The fourth-order valence-electron chi connectivity index (χ4n) is 2.04. The molecular formula is C10H12N2O6S2. The first-order chi connectivity index (χ1) is 9.32. The van der Waals surface area contributed by atoms with Gasteiger partial charge in [-0.1, -0.05) is 0 Å². The van der Waals surface area contributed by atoms with E-state index in [-0.39, 0.29) is 22.3 Å². The third-order valence-electron chi connectivity index (χ3n) is 3.07. The van der Waals surface area contributed by atoms with Crippen molar-refractivity contribution in [2.24, 2.45) is 5.92 Å². The van der Waals surface area contributed by atoms with E-state index in [0.29, 0.717) is 24.2 Å². The highest BCUT2D eigenvalue weighted by Crippen LogP contribution is 2.31. The van der Waals surface area contributed by atoms with Crippen molar-refractivity contribution in [1.82, 2.24) is 4.31 Å². The lowest BCUT2D eigenvalue weighted by Gasteiger charge is -2.29. The van der Waals surface area contributed by atoms with E-state index in [9.17, 15) is 23.3 Å². The molecule has 1 atom stereocenters. The smallest absolute Gasteiger partial charge is 0.325 e. The van der Waals surface area contributed by atoms with Crippen LogP contribution in [-0.2, 0) is 14.8 Å². The summed E-state index contributed by atoms with van der Waals surface area (Å²) in [5.41, 5.74) is 0. The van der Waals surface area contributed by atoms with Gasteiger partial charge in [-0.2, -0.15) is 4.31 Å². The number of thiophene rings is 1. The summed E-state index contributed by atoms with van der Waals surface area (Å²) in [6.45, 7) is 0.140. The van der Waals surface area contributed by atoms with Crippen molar-refractivity contribution in [2.45, 2.75) is 17.1 Å². The van der Waals surface area contributed by atoms with E-state index >= 15 is 0 Å². The molecule has 1 N–H and O–H groups in total. The van der Waals surface area contributed by atoms with Crippen LogP contribution in [0.25, 0.3) is 0 Å². The standard InChI is InChI=1S/C10H12N2O6S2/c13-10(14)7-2-1-5-11(6-7)20(17,18)9-4-3-8(19-9)12(15)16/h3-4,7H,1-2,5-6H2,(H,13,14). The maximum Gasteiger partial charge on any atom is 0.325 e. The van der Waals surface area contributed by atoms with Gasteiger partial charge in [0.15, 0.2) is 0 Å². The number of carbonyl (C=O) groups is 1. The lowest BCUT2D eigenvalue weighted by Crippen LogP contribution is -2.41. The molecule has 2 rings (SSSR count). The van der Waals surface area contributed by atoms with Crippen molar-refractivity contribution in [2.75, 3.05) is 13.1 Å². The minimum absolute atomic E-state index is 0.0939. The van der Waals surface area contributed by atoms with E-state index in [2.05, 4.69) is 0 Å². The van der Waals surface area contributed by atoms with Crippen molar-refractivity contribution in [1.29, 1.82) is 0 Å². The molecule has 1 aromatic heterocycles. The first-order valence-corrected chi connectivity index (χ1v) is 8.05. The molecular weight excluding hydrogens is 308 g/mol. The van der Waals surface area contributed by atoms with E-state index in [1.54, 1.807) is 0 Å². The van der Waals surface area contributed by atoms with Crippen molar-refractivity contribution in [3.8, 4) is 0 Å². The minimum atomic E-state index is -3.86. The Morgan fingerprint density at radius 3 is 2.75 bits per heavy atom. The molecule has 2 heterocycles. The highest BCUT2D eigenvalue weighted by molar-refractivity contribution is 7.91. The van der Waals surface area contributed by atoms with Crippen LogP contribution in [0.5, 0.6) is 0 Å². The van der Waals surface area contributed by atoms with E-state index in [1.165, 1.54) is 6.07 Å². The highest BCUT2D eigenvalue weighted by atomic mass is 32.2. The van der Waals surface area contributed by atoms with Gasteiger partial charge in [0.25, 0.3) is 10.0 Å². The molecule has 10 heteroatoms. The molecule has 0 bridgehead atoms. The third-order valence-corrected chi connectivity index (χ3v) is 6.44. The molecule has 1 aliphatic heterocycles. The van der Waals surface area contributed by atoms with Crippen molar-refractivity contribution in [3.05, 3.63) is 22.2 Å². The van der Waals surface area contributed by atoms with Gasteiger partial charge in [-0.25, -0.2) is 8.42 Å². The predicted octanol–water partition coefficient (Wildman–Crippen LogP) is 1.14. The van der Waals surface area contributed by atoms with Gasteiger partial charge in [0.05, 0.1) is 10.8 Å². The molecule has 1 fully saturated rings. The molecule has 0 amide bonds. The average molecular weight is 320 g/mol. The van der Waals surface area contributed by atoms with Gasteiger partial charge in [0, 0.05) is 19.2 Å². The topological polar surface area (TPSA) is 118 Å². The Labute approximate surface area is 118 Å². The number of piperidine rings is 1. The second-order valence-corrected chi connectivity index (χ2v) is 7.62. The Morgan fingerprint density at radius 1 is 1.50 bits per heavy atom. The van der Waals surface area contributed by atoms with E-state index in [0.717, 1.165) is 10.4 Å². The summed E-state index contributed by atoms with van der Waals surface area (Å²) in [5.74, 6) is -1.75. The van der Waals surface area contributed by atoms with Crippen LogP contribution in [0.1, 0.15) is 12.8 Å². The maximum absolute atomic E-state index is 12.3. The third kappa shape index (κ3) is 2.81. The van der Waals surface area contributed by atoms with Crippen LogP contribution in [0.15, 0.2) is 16.3 Å². The molecule has 0 aromatic carbocycles. The van der Waals surface area contributed by atoms with Crippen molar-refractivity contribution >= 4 is 32.3 Å². The number of carboxylic acids is 1. The van der Waals surface area contributed by atoms with Crippen LogP contribution >= 0.6 is 11.3 Å². The molecule has 1 aliphatic rings. The molecule has 20 heavy (non-hydrogen) atoms. The summed E-state index contributed by atoms with van der Waals surface area (Å²) in [5, 5.41) is 19.3. The summed E-state index contributed by atoms with van der Waals surface area (Å²) >= 11 is 0.575. The molecule has 8 nitrogen and oxygen atoms in total. The SMILES string of the molecule is O=C(O)C1CCCN(S(=O)(=O)c2ccc([N+](=O)[O-])s2)C1. The van der Waals surface area contributed by atoms with Gasteiger partial charge in [-0.3, -0.25) is 14.9 Å². The van der Waals surface area contributed by atoms with Gasteiger partial charge in [-0.05, 0) is 30.2 Å². The molecule has 0 spiro atoms. The van der Waals surface area contributed by atoms with Gasteiger partial charge < -0.3 is 5.11 Å². The van der Waals surface area contributed by atoms with E-state index in [4.69, 9.17) is 5.11 Å². The number of nitrogens with zero attached hydrogens (tertiary/aromatic N) is 2. The molecule has 1 aromatic rings. The summed E-state index contributed by atoms with van der Waals surface area (Å²) in [6, 6.07) is 2.32. The number of carboxylic acid groups (broad SMARTS) is 1. The first kappa shape index (κ1) is 14.9. The molecule has 1 saturated heterocycles. The number of hydrogen-bond donors (Lipinski definition) is 1. The van der Waals surface area contributed by atoms with Gasteiger partial charge in [-0.15, -0.1) is 0 Å². The zero-order valence-electron chi connectivity index (χ0n) is 10.3. The van der Waals surface area contributed by atoms with Gasteiger partial charge in [0.1, 0.15) is 4.21 Å². The molecule has 1 unspecified atom stereocenters. The fraction of sp³-hybridized carbons (Fsp3) is 0.500. The Hall–Kier alpha value is -1.52. The van der Waals surface area contributed by atoms with E-state index < -0.39 is 26.8 Å². The van der Waals surface area contributed by atoms with Crippen LogP contribution in [-0.4, -0.2) is 41.8 Å². The lowest BCUT2D eigenvalue weighted by molar-refractivity contribution is -0.380. The van der Waals surface area contributed by atoms with E-state index in [1.807, 2.05) is 0 Å². The van der Waals surface area contributed by atoms with Crippen LogP contribution in [0.4, 0.5) is 5.00 Å². The summed E-state index contributed by atoms with van der Waals surface area (Å²) in [6.07, 6.45) is 0.898. The zero-order chi connectivity index (χ0) is 14.9. The number of rotatable bonds is 4. The minimum Gasteiger partial charge on any atom is -0.481 e. The fourth-order valence-corrected chi connectivity index (χ4v) is 4.82. The number of sulfonamides is 1. The predicted molar refractivity (Wildman–Crippen MR) is 70.1 cm³/mol. The van der Waals surface area contributed by atoms with Crippen molar-refractivity contribution < 1.29 is 23.2 Å². The quantitative estimate of drug-likeness (QED) is 0.656. The number of hydrogen-bond acceptors (Lipinski definition) is 6. The average Bonchev–Trinajstić information content (AvgIpc) is 2.89. The first-order valence-electron chi connectivity index (χ1n) is 5.79. The highest BCUT2D eigenvalue weighted by Gasteiger charge is 2.34. The van der Waals surface area contributed by atoms with Crippen LogP contribution in [0, 0.1) is 16.0 Å². The summed E-state index contributed by atoms with van der Waals surface area (Å²) < 4.78 is 25.6. The molecule has 110 valence electrons. The molecule has 0 saturated carbocycles. The van der Waals surface area contributed by atoms with Gasteiger partial charge >= 0.3 is 11.0 Å². The van der Waals surface area contributed by atoms with Crippen LogP contribution < -0.4 is 0 Å². The molecule has 0 aliphatic carbocycles. The maximum atomic E-state index is 12.3. The summed E-state index contributed by atoms with van der Waals surface area (Å²) in [7, 11) is -3.86. The lowest BCUT2D eigenvalue weighted by atomic mass is 10.0. The Balaban J connectivity index is 2.25. The molecule has 0 radical (unpaired) electrons. The van der Waals surface area contributed by atoms with Crippen LogP contribution in [0.2, 0.25) is 0 Å². The summed E-state index contributed by atoms with van der Waals surface area (Å²) in [4.78, 5) is 20.9. The Bertz CT molecular complexity index is 638. The number of aliphatic carboxylic acids is 1. The van der Waals surface area contributed by atoms with Gasteiger partial charge in [0.2, 0.25) is 0 Å². The second kappa shape index (κ2) is 5.46.